The molecule has 0 unspecified atom stereocenters. The molecule has 1 aliphatic carbocycles. The quantitative estimate of drug-likeness (QED) is 0.469. The maximum absolute atomic E-state index is 14.1. The minimum atomic E-state index is -0.569. The predicted molar refractivity (Wildman–Crippen MR) is 140 cm³/mol. The monoisotopic (exact) mass is 484 g/mol. The van der Waals surface area contributed by atoms with Gasteiger partial charge in [0.25, 0.3) is 5.91 Å². The number of methoxy groups -OCH3 is 2. The van der Waals surface area contributed by atoms with Crippen LogP contribution in [0.25, 0.3) is 0 Å². The summed E-state index contributed by atoms with van der Waals surface area (Å²) in [4.78, 5) is 30.0. The van der Waals surface area contributed by atoms with Crippen LogP contribution in [0.15, 0.2) is 72.8 Å². The molecule has 36 heavy (non-hydrogen) atoms. The molecule has 3 aromatic rings. The zero-order chi connectivity index (χ0) is 25.1. The topological polar surface area (TPSA) is 67.9 Å². The molecule has 0 spiro atoms. The second-order valence-corrected chi connectivity index (χ2v) is 9.51. The maximum Gasteiger partial charge on any atom is 0.254 e. The summed E-state index contributed by atoms with van der Waals surface area (Å²) in [6.07, 6.45) is 5.26. The number of rotatable bonds is 6. The van der Waals surface area contributed by atoms with E-state index in [9.17, 15) is 9.59 Å². The number of hydrogen-bond donors (Lipinski definition) is 1. The van der Waals surface area contributed by atoms with Crippen LogP contribution in [-0.4, -0.2) is 37.0 Å². The lowest BCUT2D eigenvalue weighted by Crippen LogP contribution is -2.51. The Labute approximate surface area is 212 Å². The van der Waals surface area contributed by atoms with Gasteiger partial charge in [-0.2, -0.15) is 0 Å². The zero-order valence-corrected chi connectivity index (χ0v) is 20.8. The van der Waals surface area contributed by atoms with Crippen molar-refractivity contribution in [3.63, 3.8) is 0 Å². The van der Waals surface area contributed by atoms with Crippen molar-refractivity contribution in [1.82, 2.24) is 4.90 Å². The highest BCUT2D eigenvalue weighted by Gasteiger charge is 2.46. The first-order valence-electron chi connectivity index (χ1n) is 12.6. The highest BCUT2D eigenvalue weighted by Crippen LogP contribution is 2.46. The Kier molecular flexibility index (Phi) is 6.94. The molecule has 1 saturated carbocycles. The molecule has 0 aromatic heterocycles. The highest BCUT2D eigenvalue weighted by atomic mass is 16.5. The predicted octanol–water partition coefficient (Wildman–Crippen LogP) is 5.96. The Morgan fingerprint density at radius 3 is 2.31 bits per heavy atom. The largest absolute Gasteiger partial charge is 0.497 e. The van der Waals surface area contributed by atoms with Gasteiger partial charge in [0.2, 0.25) is 5.91 Å². The molecule has 0 bridgehead atoms. The van der Waals surface area contributed by atoms with Gasteiger partial charge in [0, 0.05) is 23.4 Å². The number of carbonyl (C=O) groups is 2. The number of benzene rings is 3. The van der Waals surface area contributed by atoms with Crippen molar-refractivity contribution >= 4 is 17.5 Å². The van der Waals surface area contributed by atoms with E-state index in [1.807, 2.05) is 71.6 Å². The lowest BCUT2D eigenvalue weighted by Gasteiger charge is -2.46. The van der Waals surface area contributed by atoms with E-state index in [1.54, 1.807) is 20.3 Å². The van der Waals surface area contributed by atoms with Crippen LogP contribution >= 0.6 is 0 Å². The lowest BCUT2D eigenvalue weighted by molar-refractivity contribution is -0.119. The Bertz CT molecular complexity index is 1230. The van der Waals surface area contributed by atoms with E-state index in [1.165, 1.54) is 6.42 Å². The molecule has 2 aliphatic rings. The summed E-state index contributed by atoms with van der Waals surface area (Å²) in [5, 5.41) is 3.11. The molecular formula is C30H32N2O4. The Balaban J connectivity index is 1.62. The van der Waals surface area contributed by atoms with Crippen molar-refractivity contribution in [2.75, 3.05) is 19.5 Å². The van der Waals surface area contributed by atoms with E-state index in [0.717, 1.165) is 42.6 Å². The molecule has 6 heteroatoms. The van der Waals surface area contributed by atoms with Crippen LogP contribution in [0.3, 0.4) is 0 Å². The van der Waals surface area contributed by atoms with E-state index < -0.39 is 12.0 Å². The van der Waals surface area contributed by atoms with E-state index in [0.29, 0.717) is 17.0 Å². The standard InChI is InChI=1S/C30H32N2O4/c1-35-23-17-15-20(16-18-23)28-27(29(33)31-21-9-8-12-24(19-21)36-2)25-13-6-7-14-26(25)30(34)32(28)22-10-4-3-5-11-22/h6-9,12-19,22,27-28H,3-5,10-11H2,1-2H3,(H,31,33)/t27-,28-/m0/s1. The third-order valence-corrected chi connectivity index (χ3v) is 7.42. The molecule has 3 aromatic carbocycles. The average molecular weight is 485 g/mol. The van der Waals surface area contributed by atoms with Gasteiger partial charge < -0.3 is 19.7 Å². The third kappa shape index (κ3) is 4.55. The second-order valence-electron chi connectivity index (χ2n) is 9.51. The summed E-state index contributed by atoms with van der Waals surface area (Å²) in [6, 6.07) is 22.3. The Hall–Kier alpha value is -3.80. The molecule has 1 heterocycles. The van der Waals surface area contributed by atoms with Gasteiger partial charge >= 0.3 is 0 Å². The van der Waals surface area contributed by atoms with Crippen molar-refractivity contribution in [2.24, 2.45) is 0 Å². The first-order chi connectivity index (χ1) is 17.6. The number of anilines is 1. The number of hydrogen-bond acceptors (Lipinski definition) is 4. The molecule has 1 N–H and O–H groups in total. The molecule has 2 amide bonds. The summed E-state index contributed by atoms with van der Waals surface area (Å²) in [7, 11) is 3.24. The fourth-order valence-electron chi connectivity index (χ4n) is 5.67. The molecule has 0 saturated heterocycles. The second kappa shape index (κ2) is 10.4. The minimum Gasteiger partial charge on any atom is -0.497 e. The van der Waals surface area contributed by atoms with Crippen LogP contribution in [0.1, 0.15) is 65.5 Å². The van der Waals surface area contributed by atoms with Gasteiger partial charge in [0.15, 0.2) is 0 Å². The first kappa shape index (κ1) is 23.9. The van der Waals surface area contributed by atoms with Gasteiger partial charge in [-0.25, -0.2) is 0 Å². The maximum atomic E-state index is 14.1. The first-order valence-corrected chi connectivity index (χ1v) is 12.6. The van der Waals surface area contributed by atoms with Crippen LogP contribution < -0.4 is 14.8 Å². The van der Waals surface area contributed by atoms with Crippen molar-refractivity contribution in [1.29, 1.82) is 0 Å². The molecule has 0 radical (unpaired) electrons. The molecule has 2 atom stereocenters. The van der Waals surface area contributed by atoms with Gasteiger partial charge in [-0.1, -0.05) is 55.7 Å². The van der Waals surface area contributed by atoms with E-state index in [-0.39, 0.29) is 17.9 Å². The summed E-state index contributed by atoms with van der Waals surface area (Å²) in [5.41, 5.74) is 2.95. The van der Waals surface area contributed by atoms with Crippen LogP contribution in [-0.2, 0) is 4.79 Å². The molecule has 5 rings (SSSR count). The normalized spacial score (nSPS) is 19.9. The van der Waals surface area contributed by atoms with Crippen LogP contribution in [0.5, 0.6) is 11.5 Å². The van der Waals surface area contributed by atoms with Crippen molar-refractivity contribution in [3.8, 4) is 11.5 Å². The van der Waals surface area contributed by atoms with Crippen molar-refractivity contribution in [2.45, 2.75) is 50.1 Å². The molecule has 1 fully saturated rings. The van der Waals surface area contributed by atoms with Gasteiger partial charge in [-0.15, -0.1) is 0 Å². The highest BCUT2D eigenvalue weighted by molar-refractivity contribution is 6.04. The van der Waals surface area contributed by atoms with Crippen LogP contribution in [0.4, 0.5) is 5.69 Å². The van der Waals surface area contributed by atoms with E-state index >= 15 is 0 Å². The zero-order valence-electron chi connectivity index (χ0n) is 20.8. The van der Waals surface area contributed by atoms with E-state index in [4.69, 9.17) is 9.47 Å². The van der Waals surface area contributed by atoms with Gasteiger partial charge in [0.1, 0.15) is 11.5 Å². The van der Waals surface area contributed by atoms with Gasteiger partial charge in [-0.05, 0) is 54.3 Å². The average Bonchev–Trinajstić information content (AvgIpc) is 2.93. The number of nitrogens with zero attached hydrogens (tertiary/aromatic N) is 1. The van der Waals surface area contributed by atoms with Gasteiger partial charge in [-0.3, -0.25) is 9.59 Å². The van der Waals surface area contributed by atoms with Crippen molar-refractivity contribution < 1.29 is 19.1 Å². The van der Waals surface area contributed by atoms with Crippen LogP contribution in [0, 0.1) is 0 Å². The fraction of sp³-hybridized carbons (Fsp3) is 0.333. The van der Waals surface area contributed by atoms with E-state index in [2.05, 4.69) is 5.32 Å². The lowest BCUT2D eigenvalue weighted by atomic mass is 9.77. The third-order valence-electron chi connectivity index (χ3n) is 7.42. The summed E-state index contributed by atoms with van der Waals surface area (Å²) >= 11 is 0. The smallest absolute Gasteiger partial charge is 0.254 e. The Morgan fingerprint density at radius 2 is 1.58 bits per heavy atom. The molecular weight excluding hydrogens is 452 g/mol. The number of nitrogens with one attached hydrogen (secondary N) is 1. The fourth-order valence-corrected chi connectivity index (χ4v) is 5.67. The Morgan fingerprint density at radius 1 is 0.861 bits per heavy atom. The number of amides is 2. The van der Waals surface area contributed by atoms with Gasteiger partial charge in [0.05, 0.1) is 26.2 Å². The van der Waals surface area contributed by atoms with Crippen LogP contribution in [0.2, 0.25) is 0 Å². The minimum absolute atomic E-state index is 0.00347. The molecule has 186 valence electrons. The summed E-state index contributed by atoms with van der Waals surface area (Å²) in [5.74, 6) is 0.694. The number of carbonyl (C=O) groups excluding carboxylic acids is 2. The molecule has 1 aliphatic heterocycles. The van der Waals surface area contributed by atoms with Crippen molar-refractivity contribution in [3.05, 3.63) is 89.5 Å². The number of fused-ring (bicyclic) bond motifs is 1. The SMILES string of the molecule is COc1ccc([C@H]2[C@@H](C(=O)Nc3cccc(OC)c3)c3ccccc3C(=O)N2C2CCCCC2)cc1. The summed E-state index contributed by atoms with van der Waals surface area (Å²) < 4.78 is 10.7. The molecule has 6 nitrogen and oxygen atoms in total. The summed E-state index contributed by atoms with van der Waals surface area (Å²) in [6.45, 7) is 0. The number of ether oxygens (including phenoxy) is 2.